The lowest BCUT2D eigenvalue weighted by Crippen LogP contribution is -2.28. The number of ether oxygens (including phenoxy) is 2. The van der Waals surface area contributed by atoms with E-state index in [9.17, 15) is 5.11 Å². The standard InChI is InChI=1S/C15H23NO3/c1-3-19-14-6-4-5-12(15(14)18-2)9-16-10-13(17)11-7-8-11/h4-6,11,13,16-17H,3,7-10H2,1-2H3. The molecule has 1 unspecified atom stereocenters. The Morgan fingerprint density at radius 3 is 2.84 bits per heavy atom. The van der Waals surface area contributed by atoms with Gasteiger partial charge in [0.05, 0.1) is 19.8 Å². The Bertz CT molecular complexity index is 404. The minimum atomic E-state index is -0.221. The highest BCUT2D eigenvalue weighted by atomic mass is 16.5. The lowest BCUT2D eigenvalue weighted by Gasteiger charge is -2.15. The summed E-state index contributed by atoms with van der Waals surface area (Å²) in [7, 11) is 1.65. The van der Waals surface area contributed by atoms with Gasteiger partial charge >= 0.3 is 0 Å². The van der Waals surface area contributed by atoms with Crippen LogP contribution in [0.4, 0.5) is 0 Å². The van der Waals surface area contributed by atoms with Crippen molar-refractivity contribution in [2.24, 2.45) is 5.92 Å². The van der Waals surface area contributed by atoms with Crippen LogP contribution in [0.1, 0.15) is 25.3 Å². The Hall–Kier alpha value is -1.26. The third-order valence-electron chi connectivity index (χ3n) is 3.40. The van der Waals surface area contributed by atoms with Gasteiger partial charge in [-0.3, -0.25) is 0 Å². The fraction of sp³-hybridized carbons (Fsp3) is 0.600. The van der Waals surface area contributed by atoms with Gasteiger partial charge in [0, 0.05) is 18.7 Å². The van der Waals surface area contributed by atoms with Crippen LogP contribution >= 0.6 is 0 Å². The Morgan fingerprint density at radius 1 is 1.42 bits per heavy atom. The molecule has 1 aromatic rings. The summed E-state index contributed by atoms with van der Waals surface area (Å²) in [6, 6.07) is 5.88. The molecule has 1 atom stereocenters. The van der Waals surface area contributed by atoms with Crippen molar-refractivity contribution in [1.82, 2.24) is 5.32 Å². The highest BCUT2D eigenvalue weighted by Gasteiger charge is 2.29. The third kappa shape index (κ3) is 3.85. The molecule has 4 heteroatoms. The van der Waals surface area contributed by atoms with E-state index in [0.717, 1.165) is 29.9 Å². The summed E-state index contributed by atoms with van der Waals surface area (Å²) in [6.45, 7) is 3.88. The van der Waals surface area contributed by atoms with Gasteiger partial charge in [0.1, 0.15) is 0 Å². The van der Waals surface area contributed by atoms with Crippen molar-refractivity contribution in [2.45, 2.75) is 32.4 Å². The highest BCUT2D eigenvalue weighted by Crippen LogP contribution is 2.33. The molecule has 4 nitrogen and oxygen atoms in total. The van der Waals surface area contributed by atoms with E-state index in [2.05, 4.69) is 5.32 Å². The van der Waals surface area contributed by atoms with Crippen molar-refractivity contribution < 1.29 is 14.6 Å². The summed E-state index contributed by atoms with van der Waals surface area (Å²) >= 11 is 0. The minimum absolute atomic E-state index is 0.221. The smallest absolute Gasteiger partial charge is 0.165 e. The number of aliphatic hydroxyl groups is 1. The summed E-state index contributed by atoms with van der Waals surface area (Å²) < 4.78 is 11.0. The summed E-state index contributed by atoms with van der Waals surface area (Å²) in [4.78, 5) is 0. The number of aliphatic hydroxyl groups excluding tert-OH is 1. The number of rotatable bonds is 8. The minimum Gasteiger partial charge on any atom is -0.493 e. The van der Waals surface area contributed by atoms with Crippen LogP contribution in [0.3, 0.4) is 0 Å². The van der Waals surface area contributed by atoms with Crippen molar-refractivity contribution in [3.05, 3.63) is 23.8 Å². The highest BCUT2D eigenvalue weighted by molar-refractivity contribution is 5.46. The first-order valence-electron chi connectivity index (χ1n) is 6.93. The summed E-state index contributed by atoms with van der Waals surface area (Å²) in [5.41, 5.74) is 1.05. The molecular weight excluding hydrogens is 242 g/mol. The number of hydrogen-bond acceptors (Lipinski definition) is 4. The van der Waals surface area contributed by atoms with E-state index < -0.39 is 0 Å². The first kappa shape index (κ1) is 14.2. The van der Waals surface area contributed by atoms with Crippen molar-refractivity contribution in [2.75, 3.05) is 20.3 Å². The molecule has 1 aliphatic carbocycles. The largest absolute Gasteiger partial charge is 0.493 e. The zero-order valence-electron chi connectivity index (χ0n) is 11.7. The molecule has 0 heterocycles. The number of methoxy groups -OCH3 is 1. The SMILES string of the molecule is CCOc1cccc(CNCC(O)C2CC2)c1OC. The van der Waals surface area contributed by atoms with Gasteiger partial charge in [-0.2, -0.15) is 0 Å². The van der Waals surface area contributed by atoms with Crippen molar-refractivity contribution >= 4 is 0 Å². The normalized spacial score (nSPS) is 16.2. The van der Waals surface area contributed by atoms with E-state index in [1.165, 1.54) is 0 Å². The fourth-order valence-electron chi connectivity index (χ4n) is 2.20. The van der Waals surface area contributed by atoms with Crippen LogP contribution in [-0.4, -0.2) is 31.5 Å². The van der Waals surface area contributed by atoms with Gasteiger partial charge < -0.3 is 19.9 Å². The maximum atomic E-state index is 9.81. The molecule has 1 aromatic carbocycles. The first-order valence-corrected chi connectivity index (χ1v) is 6.93. The van der Waals surface area contributed by atoms with E-state index in [0.29, 0.717) is 25.6 Å². The van der Waals surface area contributed by atoms with Crippen LogP contribution in [0.15, 0.2) is 18.2 Å². The lowest BCUT2D eigenvalue weighted by atomic mass is 10.1. The number of hydrogen-bond donors (Lipinski definition) is 2. The Labute approximate surface area is 114 Å². The molecule has 2 N–H and O–H groups in total. The van der Waals surface area contributed by atoms with Gasteiger partial charge in [0.2, 0.25) is 0 Å². The van der Waals surface area contributed by atoms with E-state index in [1.807, 2.05) is 25.1 Å². The van der Waals surface area contributed by atoms with Crippen LogP contribution in [-0.2, 0) is 6.54 Å². The molecular formula is C15H23NO3. The average molecular weight is 265 g/mol. The zero-order valence-corrected chi connectivity index (χ0v) is 11.7. The number of benzene rings is 1. The quantitative estimate of drug-likeness (QED) is 0.754. The summed E-state index contributed by atoms with van der Waals surface area (Å²) in [5.74, 6) is 2.05. The molecule has 106 valence electrons. The van der Waals surface area contributed by atoms with Gasteiger partial charge in [-0.05, 0) is 31.7 Å². The molecule has 1 fully saturated rings. The van der Waals surface area contributed by atoms with E-state index in [1.54, 1.807) is 7.11 Å². The maximum absolute atomic E-state index is 9.81. The third-order valence-corrected chi connectivity index (χ3v) is 3.40. The van der Waals surface area contributed by atoms with Gasteiger partial charge in [-0.1, -0.05) is 12.1 Å². The predicted octanol–water partition coefficient (Wildman–Crippen LogP) is 1.95. The Kier molecular flexibility index (Phi) is 5.05. The molecule has 1 aliphatic rings. The van der Waals surface area contributed by atoms with Gasteiger partial charge in [-0.15, -0.1) is 0 Å². The Balaban J connectivity index is 1.92. The monoisotopic (exact) mass is 265 g/mol. The van der Waals surface area contributed by atoms with Gasteiger partial charge in [0.25, 0.3) is 0 Å². The van der Waals surface area contributed by atoms with Crippen LogP contribution in [0, 0.1) is 5.92 Å². The molecule has 0 spiro atoms. The molecule has 2 rings (SSSR count). The van der Waals surface area contributed by atoms with Crippen LogP contribution < -0.4 is 14.8 Å². The fourth-order valence-corrected chi connectivity index (χ4v) is 2.20. The molecule has 1 saturated carbocycles. The van der Waals surface area contributed by atoms with E-state index in [-0.39, 0.29) is 6.10 Å². The number of nitrogens with one attached hydrogen (secondary N) is 1. The molecule has 0 radical (unpaired) electrons. The van der Waals surface area contributed by atoms with Gasteiger partial charge in [0.15, 0.2) is 11.5 Å². The molecule has 0 saturated heterocycles. The topological polar surface area (TPSA) is 50.7 Å². The van der Waals surface area contributed by atoms with Crippen molar-refractivity contribution in [3.63, 3.8) is 0 Å². The second kappa shape index (κ2) is 6.78. The average Bonchev–Trinajstić information content (AvgIpc) is 3.23. The van der Waals surface area contributed by atoms with Crippen LogP contribution in [0.5, 0.6) is 11.5 Å². The second-order valence-corrected chi connectivity index (χ2v) is 4.92. The second-order valence-electron chi connectivity index (χ2n) is 4.92. The van der Waals surface area contributed by atoms with E-state index >= 15 is 0 Å². The zero-order chi connectivity index (χ0) is 13.7. The summed E-state index contributed by atoms with van der Waals surface area (Å²) in [6.07, 6.45) is 2.10. The van der Waals surface area contributed by atoms with Crippen molar-refractivity contribution in [1.29, 1.82) is 0 Å². The van der Waals surface area contributed by atoms with E-state index in [4.69, 9.17) is 9.47 Å². The predicted molar refractivity (Wildman–Crippen MR) is 74.6 cm³/mol. The van der Waals surface area contributed by atoms with Crippen LogP contribution in [0.25, 0.3) is 0 Å². The maximum Gasteiger partial charge on any atom is 0.165 e. The molecule has 19 heavy (non-hydrogen) atoms. The first-order chi connectivity index (χ1) is 9.26. The molecule has 0 aromatic heterocycles. The summed E-state index contributed by atoms with van der Waals surface area (Å²) in [5, 5.41) is 13.1. The molecule has 0 aliphatic heterocycles. The molecule has 0 bridgehead atoms. The lowest BCUT2D eigenvalue weighted by molar-refractivity contribution is 0.148. The Morgan fingerprint density at radius 2 is 2.21 bits per heavy atom. The van der Waals surface area contributed by atoms with Crippen LogP contribution in [0.2, 0.25) is 0 Å². The van der Waals surface area contributed by atoms with Gasteiger partial charge in [-0.25, -0.2) is 0 Å². The van der Waals surface area contributed by atoms with Crippen molar-refractivity contribution in [3.8, 4) is 11.5 Å². The number of para-hydroxylation sites is 1. The molecule has 0 amide bonds.